The summed E-state index contributed by atoms with van der Waals surface area (Å²) < 4.78 is 13.3. The maximum atomic E-state index is 5.95. The van der Waals surface area contributed by atoms with Crippen LogP contribution < -0.4 is 14.4 Å². The SMILES string of the molecule is COc1ccccc1N1CCN(CCCCOc2ccc(C(C)n3cncn3)cc2)CC1. The fourth-order valence-electron chi connectivity index (χ4n) is 4.14. The summed E-state index contributed by atoms with van der Waals surface area (Å²) in [6, 6.07) is 16.7. The van der Waals surface area contributed by atoms with Crippen molar-refractivity contribution in [3.05, 3.63) is 66.7 Å². The second kappa shape index (κ2) is 11.0. The highest BCUT2D eigenvalue weighted by molar-refractivity contribution is 5.58. The van der Waals surface area contributed by atoms with Crippen LogP contribution in [0.15, 0.2) is 61.2 Å². The quantitative estimate of drug-likeness (QED) is 0.451. The molecule has 0 N–H and O–H groups in total. The van der Waals surface area contributed by atoms with Crippen LogP contribution in [0.5, 0.6) is 11.5 Å². The Morgan fingerprint density at radius 2 is 1.75 bits per heavy atom. The lowest BCUT2D eigenvalue weighted by atomic mass is 10.1. The molecule has 32 heavy (non-hydrogen) atoms. The Kier molecular flexibility index (Phi) is 7.61. The van der Waals surface area contributed by atoms with Crippen molar-refractivity contribution in [2.45, 2.75) is 25.8 Å². The summed E-state index contributed by atoms with van der Waals surface area (Å²) in [5.41, 5.74) is 2.39. The zero-order valence-corrected chi connectivity index (χ0v) is 19.1. The van der Waals surface area contributed by atoms with E-state index in [0.717, 1.165) is 63.7 Å². The minimum Gasteiger partial charge on any atom is -0.495 e. The molecule has 1 unspecified atom stereocenters. The molecule has 4 rings (SSSR count). The molecule has 1 aliphatic heterocycles. The highest BCUT2D eigenvalue weighted by atomic mass is 16.5. The summed E-state index contributed by atoms with van der Waals surface area (Å²) in [6.07, 6.45) is 5.52. The van der Waals surface area contributed by atoms with Gasteiger partial charge in [-0.05, 0) is 56.1 Å². The van der Waals surface area contributed by atoms with Gasteiger partial charge in [-0.1, -0.05) is 24.3 Å². The Morgan fingerprint density at radius 1 is 0.969 bits per heavy atom. The zero-order valence-electron chi connectivity index (χ0n) is 19.1. The van der Waals surface area contributed by atoms with Gasteiger partial charge in [0.05, 0.1) is 25.4 Å². The van der Waals surface area contributed by atoms with Crippen LogP contribution in [0.1, 0.15) is 31.4 Å². The van der Waals surface area contributed by atoms with Crippen molar-refractivity contribution in [2.24, 2.45) is 0 Å². The van der Waals surface area contributed by atoms with E-state index in [1.807, 2.05) is 28.9 Å². The third-order valence-electron chi connectivity index (χ3n) is 6.13. The number of rotatable bonds is 10. The van der Waals surface area contributed by atoms with Crippen LogP contribution in [0.2, 0.25) is 0 Å². The molecular weight excluding hydrogens is 402 g/mol. The number of aromatic nitrogens is 3. The predicted octanol–water partition coefficient (Wildman–Crippen LogP) is 3.88. The summed E-state index contributed by atoms with van der Waals surface area (Å²) >= 11 is 0. The zero-order chi connectivity index (χ0) is 22.2. The molecular formula is C25H33N5O2. The van der Waals surface area contributed by atoms with E-state index in [1.54, 1.807) is 19.8 Å². The lowest BCUT2D eigenvalue weighted by Crippen LogP contribution is -2.46. The fourth-order valence-corrected chi connectivity index (χ4v) is 4.14. The Morgan fingerprint density at radius 3 is 2.47 bits per heavy atom. The van der Waals surface area contributed by atoms with Gasteiger partial charge in [0.1, 0.15) is 24.2 Å². The number of methoxy groups -OCH3 is 1. The number of hydrogen-bond donors (Lipinski definition) is 0. The first-order valence-electron chi connectivity index (χ1n) is 11.4. The summed E-state index contributed by atoms with van der Waals surface area (Å²) in [6.45, 7) is 8.23. The first kappa shape index (κ1) is 22.1. The van der Waals surface area contributed by atoms with Crippen molar-refractivity contribution < 1.29 is 9.47 Å². The molecule has 0 aliphatic carbocycles. The molecule has 1 atom stereocenters. The molecule has 1 fully saturated rings. The lowest BCUT2D eigenvalue weighted by Gasteiger charge is -2.36. The molecule has 2 aromatic carbocycles. The van der Waals surface area contributed by atoms with Gasteiger partial charge in [0, 0.05) is 26.2 Å². The summed E-state index contributed by atoms with van der Waals surface area (Å²) in [4.78, 5) is 8.99. The molecule has 1 aliphatic rings. The minimum atomic E-state index is 0.162. The van der Waals surface area contributed by atoms with Gasteiger partial charge in [0.2, 0.25) is 0 Å². The second-order valence-corrected chi connectivity index (χ2v) is 8.18. The molecule has 0 saturated carbocycles. The molecule has 0 bridgehead atoms. The molecule has 0 spiro atoms. The molecule has 7 nitrogen and oxygen atoms in total. The predicted molar refractivity (Wildman–Crippen MR) is 127 cm³/mol. The maximum Gasteiger partial charge on any atom is 0.142 e. The Bertz CT molecular complexity index is 937. The number of para-hydroxylation sites is 2. The van der Waals surface area contributed by atoms with Gasteiger partial charge in [-0.25, -0.2) is 9.67 Å². The van der Waals surface area contributed by atoms with E-state index < -0.39 is 0 Å². The van der Waals surface area contributed by atoms with Crippen LogP contribution in [0, 0.1) is 0 Å². The van der Waals surface area contributed by atoms with Crippen molar-refractivity contribution in [3.63, 3.8) is 0 Å². The molecule has 170 valence electrons. The number of piperazine rings is 1. The van der Waals surface area contributed by atoms with Crippen LogP contribution in [0.3, 0.4) is 0 Å². The molecule has 1 saturated heterocycles. The van der Waals surface area contributed by atoms with Crippen LogP contribution in [0.25, 0.3) is 0 Å². The molecule has 3 aromatic rings. The van der Waals surface area contributed by atoms with Crippen LogP contribution in [0.4, 0.5) is 5.69 Å². The van der Waals surface area contributed by atoms with Gasteiger partial charge in [0.25, 0.3) is 0 Å². The fraction of sp³-hybridized carbons (Fsp3) is 0.440. The molecule has 0 amide bonds. The Balaban J connectivity index is 1.13. The number of nitrogens with zero attached hydrogens (tertiary/aromatic N) is 5. The van der Waals surface area contributed by atoms with E-state index in [0.29, 0.717) is 0 Å². The normalized spacial score (nSPS) is 15.5. The van der Waals surface area contributed by atoms with Crippen molar-refractivity contribution in [2.75, 3.05) is 51.3 Å². The topological polar surface area (TPSA) is 55.7 Å². The van der Waals surface area contributed by atoms with Crippen LogP contribution in [-0.4, -0.2) is 66.1 Å². The van der Waals surface area contributed by atoms with Crippen molar-refractivity contribution in [3.8, 4) is 11.5 Å². The third kappa shape index (κ3) is 5.59. The van der Waals surface area contributed by atoms with Gasteiger partial charge in [0.15, 0.2) is 0 Å². The Labute approximate surface area is 190 Å². The monoisotopic (exact) mass is 435 g/mol. The molecule has 7 heteroatoms. The van der Waals surface area contributed by atoms with Gasteiger partial charge in [-0.3, -0.25) is 4.90 Å². The number of ether oxygens (including phenoxy) is 2. The highest BCUT2D eigenvalue weighted by Gasteiger charge is 2.19. The second-order valence-electron chi connectivity index (χ2n) is 8.18. The first-order valence-corrected chi connectivity index (χ1v) is 11.4. The lowest BCUT2D eigenvalue weighted by molar-refractivity contribution is 0.238. The minimum absolute atomic E-state index is 0.162. The number of benzene rings is 2. The van der Waals surface area contributed by atoms with Crippen LogP contribution >= 0.6 is 0 Å². The van der Waals surface area contributed by atoms with E-state index >= 15 is 0 Å². The average molecular weight is 436 g/mol. The number of hydrogen-bond acceptors (Lipinski definition) is 6. The first-order chi connectivity index (χ1) is 15.7. The largest absolute Gasteiger partial charge is 0.495 e. The third-order valence-corrected chi connectivity index (χ3v) is 6.13. The van der Waals surface area contributed by atoms with Crippen LogP contribution in [-0.2, 0) is 0 Å². The van der Waals surface area contributed by atoms with E-state index in [4.69, 9.17) is 9.47 Å². The molecule has 2 heterocycles. The summed E-state index contributed by atoms with van der Waals surface area (Å²) in [5, 5.41) is 4.21. The van der Waals surface area contributed by atoms with E-state index in [-0.39, 0.29) is 6.04 Å². The average Bonchev–Trinajstić information content (AvgIpc) is 3.39. The molecule has 1 aromatic heterocycles. The smallest absolute Gasteiger partial charge is 0.142 e. The Hall–Kier alpha value is -3.06. The van der Waals surface area contributed by atoms with E-state index in [9.17, 15) is 0 Å². The number of unbranched alkanes of at least 4 members (excludes halogenated alkanes) is 1. The standard InChI is InChI=1S/C25H33N5O2/c1-21(30-20-26-19-27-30)22-9-11-23(12-10-22)32-18-6-5-13-28-14-16-29(17-15-28)24-7-3-4-8-25(24)31-2/h3-4,7-12,19-21H,5-6,13-18H2,1-2H3. The maximum absolute atomic E-state index is 5.95. The van der Waals surface area contributed by atoms with Gasteiger partial charge in [-0.15, -0.1) is 0 Å². The van der Waals surface area contributed by atoms with Gasteiger partial charge in [-0.2, -0.15) is 5.10 Å². The van der Waals surface area contributed by atoms with E-state index in [1.165, 1.54) is 11.3 Å². The summed E-state index contributed by atoms with van der Waals surface area (Å²) in [5.74, 6) is 1.88. The number of anilines is 1. The van der Waals surface area contributed by atoms with E-state index in [2.05, 4.69) is 51.1 Å². The van der Waals surface area contributed by atoms with Crippen molar-refractivity contribution in [1.29, 1.82) is 0 Å². The van der Waals surface area contributed by atoms with Crippen molar-refractivity contribution >= 4 is 5.69 Å². The van der Waals surface area contributed by atoms with Gasteiger partial charge < -0.3 is 14.4 Å². The van der Waals surface area contributed by atoms with Crippen molar-refractivity contribution in [1.82, 2.24) is 19.7 Å². The highest BCUT2D eigenvalue weighted by Crippen LogP contribution is 2.28. The van der Waals surface area contributed by atoms with Gasteiger partial charge >= 0.3 is 0 Å². The molecule has 0 radical (unpaired) electrons. The summed E-state index contributed by atoms with van der Waals surface area (Å²) in [7, 11) is 1.74.